The summed E-state index contributed by atoms with van der Waals surface area (Å²) in [5.41, 5.74) is 1.44. The number of anilines is 1. The monoisotopic (exact) mass is 193 g/mol. The van der Waals surface area contributed by atoms with Crippen molar-refractivity contribution in [1.29, 1.82) is 0 Å². The highest BCUT2D eigenvalue weighted by Crippen LogP contribution is 2.30. The van der Waals surface area contributed by atoms with Crippen molar-refractivity contribution in [3.05, 3.63) is 23.8 Å². The fourth-order valence-corrected chi connectivity index (χ4v) is 1.35. The van der Waals surface area contributed by atoms with Gasteiger partial charge in [0.15, 0.2) is 6.61 Å². The van der Waals surface area contributed by atoms with Gasteiger partial charge < -0.3 is 15.2 Å². The SMILES string of the molecule is CC(O)c1ccc2c(c1)OCC(=O)N2. The quantitative estimate of drug-likeness (QED) is 0.701. The summed E-state index contributed by atoms with van der Waals surface area (Å²) in [6.07, 6.45) is -0.526. The van der Waals surface area contributed by atoms with Gasteiger partial charge in [0.25, 0.3) is 5.91 Å². The Hall–Kier alpha value is -1.55. The van der Waals surface area contributed by atoms with Crippen molar-refractivity contribution in [3.63, 3.8) is 0 Å². The molecule has 1 aliphatic rings. The highest BCUT2D eigenvalue weighted by atomic mass is 16.5. The fraction of sp³-hybridized carbons (Fsp3) is 0.300. The van der Waals surface area contributed by atoms with E-state index in [1.807, 2.05) is 0 Å². The minimum atomic E-state index is -0.526. The molecule has 0 fully saturated rings. The maximum absolute atomic E-state index is 11.0. The lowest BCUT2D eigenvalue weighted by Crippen LogP contribution is -2.25. The molecule has 1 amide bonds. The van der Waals surface area contributed by atoms with Crippen LogP contribution in [0.15, 0.2) is 18.2 Å². The molecule has 0 saturated carbocycles. The van der Waals surface area contributed by atoms with Crippen LogP contribution < -0.4 is 10.1 Å². The Morgan fingerprint density at radius 2 is 2.36 bits per heavy atom. The van der Waals surface area contributed by atoms with Crippen LogP contribution in [-0.2, 0) is 4.79 Å². The van der Waals surface area contributed by atoms with E-state index in [4.69, 9.17) is 4.74 Å². The number of benzene rings is 1. The second kappa shape index (κ2) is 3.31. The van der Waals surface area contributed by atoms with Crippen molar-refractivity contribution in [3.8, 4) is 5.75 Å². The molecule has 1 aromatic rings. The Bertz CT molecular complexity index is 374. The number of carbonyl (C=O) groups excluding carboxylic acids is 1. The molecule has 1 aromatic carbocycles. The zero-order valence-corrected chi connectivity index (χ0v) is 7.78. The van der Waals surface area contributed by atoms with E-state index in [-0.39, 0.29) is 12.5 Å². The molecular weight excluding hydrogens is 182 g/mol. The number of aliphatic hydroxyl groups is 1. The third-order valence-electron chi connectivity index (χ3n) is 2.12. The van der Waals surface area contributed by atoms with Crippen molar-refractivity contribution >= 4 is 11.6 Å². The molecule has 0 aliphatic carbocycles. The van der Waals surface area contributed by atoms with Gasteiger partial charge in [0.05, 0.1) is 11.8 Å². The van der Waals surface area contributed by atoms with Crippen LogP contribution >= 0.6 is 0 Å². The third-order valence-corrected chi connectivity index (χ3v) is 2.12. The summed E-state index contributed by atoms with van der Waals surface area (Å²) in [6, 6.07) is 5.23. The summed E-state index contributed by atoms with van der Waals surface area (Å²) < 4.78 is 5.20. The number of aliphatic hydroxyl groups excluding tert-OH is 1. The molecule has 0 saturated heterocycles. The maximum Gasteiger partial charge on any atom is 0.262 e. The molecule has 0 bridgehead atoms. The Morgan fingerprint density at radius 3 is 3.07 bits per heavy atom. The highest BCUT2D eigenvalue weighted by Gasteiger charge is 2.16. The number of fused-ring (bicyclic) bond motifs is 1. The van der Waals surface area contributed by atoms with Gasteiger partial charge in [-0.05, 0) is 24.6 Å². The first-order valence-corrected chi connectivity index (χ1v) is 4.41. The van der Waals surface area contributed by atoms with Gasteiger partial charge in [-0.2, -0.15) is 0 Å². The summed E-state index contributed by atoms with van der Waals surface area (Å²) in [7, 11) is 0. The zero-order valence-electron chi connectivity index (χ0n) is 7.78. The van der Waals surface area contributed by atoms with Crippen LogP contribution in [0.3, 0.4) is 0 Å². The van der Waals surface area contributed by atoms with Gasteiger partial charge >= 0.3 is 0 Å². The van der Waals surface area contributed by atoms with Gasteiger partial charge in [0.1, 0.15) is 5.75 Å². The predicted octanol–water partition coefficient (Wildman–Crippen LogP) is 1.07. The van der Waals surface area contributed by atoms with Crippen molar-refractivity contribution in [1.82, 2.24) is 0 Å². The molecule has 0 spiro atoms. The van der Waals surface area contributed by atoms with Gasteiger partial charge in [-0.1, -0.05) is 6.07 Å². The average molecular weight is 193 g/mol. The third kappa shape index (κ3) is 1.56. The van der Waals surface area contributed by atoms with Crippen LogP contribution in [-0.4, -0.2) is 17.6 Å². The largest absolute Gasteiger partial charge is 0.482 e. The first-order chi connectivity index (χ1) is 6.66. The van der Waals surface area contributed by atoms with Crippen molar-refractivity contribution in [2.24, 2.45) is 0 Å². The Labute approximate surface area is 81.5 Å². The Kier molecular flexibility index (Phi) is 2.13. The number of rotatable bonds is 1. The minimum Gasteiger partial charge on any atom is -0.482 e. The van der Waals surface area contributed by atoms with Crippen LogP contribution in [0, 0.1) is 0 Å². The molecule has 4 nitrogen and oxygen atoms in total. The average Bonchev–Trinajstić information content (AvgIpc) is 2.16. The van der Waals surface area contributed by atoms with E-state index < -0.39 is 6.10 Å². The lowest BCUT2D eigenvalue weighted by Gasteiger charge is -2.19. The smallest absolute Gasteiger partial charge is 0.262 e. The first kappa shape index (κ1) is 9.02. The second-order valence-electron chi connectivity index (χ2n) is 3.27. The lowest BCUT2D eigenvalue weighted by atomic mass is 10.1. The van der Waals surface area contributed by atoms with Crippen LogP contribution in [0.25, 0.3) is 0 Å². The summed E-state index contributed by atoms with van der Waals surface area (Å²) in [5.74, 6) is 0.463. The number of ether oxygens (including phenoxy) is 1. The van der Waals surface area contributed by atoms with Crippen LogP contribution in [0.1, 0.15) is 18.6 Å². The molecule has 1 atom stereocenters. The van der Waals surface area contributed by atoms with Crippen LogP contribution in [0.2, 0.25) is 0 Å². The van der Waals surface area contributed by atoms with Crippen LogP contribution in [0.5, 0.6) is 5.75 Å². The molecule has 2 N–H and O–H groups in total. The van der Waals surface area contributed by atoms with Gasteiger partial charge in [-0.15, -0.1) is 0 Å². The number of amides is 1. The van der Waals surface area contributed by atoms with Gasteiger partial charge in [-0.3, -0.25) is 4.79 Å². The van der Waals surface area contributed by atoms with Gasteiger partial charge in [-0.25, -0.2) is 0 Å². The van der Waals surface area contributed by atoms with E-state index in [1.165, 1.54) is 0 Å². The summed E-state index contributed by atoms with van der Waals surface area (Å²) in [5, 5.41) is 12.0. The molecule has 1 aliphatic heterocycles. The molecule has 1 unspecified atom stereocenters. The summed E-state index contributed by atoms with van der Waals surface area (Å²) >= 11 is 0. The molecule has 2 rings (SSSR count). The van der Waals surface area contributed by atoms with E-state index in [2.05, 4.69) is 5.32 Å². The van der Waals surface area contributed by atoms with Crippen molar-refractivity contribution < 1.29 is 14.6 Å². The molecule has 14 heavy (non-hydrogen) atoms. The fourth-order valence-electron chi connectivity index (χ4n) is 1.35. The van der Waals surface area contributed by atoms with E-state index >= 15 is 0 Å². The van der Waals surface area contributed by atoms with Crippen LogP contribution in [0.4, 0.5) is 5.69 Å². The van der Waals surface area contributed by atoms with E-state index in [1.54, 1.807) is 25.1 Å². The van der Waals surface area contributed by atoms with Crippen molar-refractivity contribution in [2.45, 2.75) is 13.0 Å². The standard InChI is InChI=1S/C10H11NO3/c1-6(12)7-2-3-8-9(4-7)14-5-10(13)11-8/h2-4,6,12H,5H2,1H3,(H,11,13). The minimum absolute atomic E-state index is 0.0380. The van der Waals surface area contributed by atoms with Gasteiger partial charge in [0.2, 0.25) is 0 Å². The topological polar surface area (TPSA) is 58.6 Å². The normalized spacial score (nSPS) is 16.6. The molecule has 0 aromatic heterocycles. The van der Waals surface area contributed by atoms with Gasteiger partial charge in [0, 0.05) is 0 Å². The number of nitrogens with one attached hydrogen (secondary N) is 1. The Morgan fingerprint density at radius 1 is 1.57 bits per heavy atom. The first-order valence-electron chi connectivity index (χ1n) is 4.41. The molecular formula is C10H11NO3. The second-order valence-corrected chi connectivity index (χ2v) is 3.27. The maximum atomic E-state index is 11.0. The summed E-state index contributed by atoms with van der Waals surface area (Å²) in [4.78, 5) is 11.0. The molecule has 1 heterocycles. The molecule has 74 valence electrons. The Balaban J connectivity index is 2.36. The van der Waals surface area contributed by atoms with E-state index in [9.17, 15) is 9.90 Å². The predicted molar refractivity (Wildman–Crippen MR) is 51.2 cm³/mol. The summed E-state index contributed by atoms with van der Waals surface area (Å²) in [6.45, 7) is 1.72. The molecule has 4 heteroatoms. The zero-order chi connectivity index (χ0) is 10.1. The highest BCUT2D eigenvalue weighted by molar-refractivity contribution is 5.95. The van der Waals surface area contributed by atoms with E-state index in [0.29, 0.717) is 11.4 Å². The number of carbonyl (C=O) groups is 1. The lowest BCUT2D eigenvalue weighted by molar-refractivity contribution is -0.118. The van der Waals surface area contributed by atoms with E-state index in [0.717, 1.165) is 5.56 Å². The van der Waals surface area contributed by atoms with Crippen molar-refractivity contribution in [2.75, 3.05) is 11.9 Å². The molecule has 0 radical (unpaired) electrons. The number of hydrogen-bond donors (Lipinski definition) is 2. The number of hydrogen-bond acceptors (Lipinski definition) is 3.